The molecule has 0 aromatic heterocycles. The minimum atomic E-state index is -0.918. The molecule has 5 N–H and O–H groups in total. The number of unbranched alkanes of at least 4 members (excludes halogenated alkanes) is 3. The Morgan fingerprint density at radius 1 is 1.23 bits per heavy atom. The topological polar surface area (TPSA) is 130 Å². The van der Waals surface area contributed by atoms with Crippen LogP contribution in [0, 0.1) is 0 Å². The van der Waals surface area contributed by atoms with Gasteiger partial charge in [-0.2, -0.15) is 4.99 Å². The average Bonchev–Trinajstić information content (AvgIpc) is 2.93. The van der Waals surface area contributed by atoms with E-state index >= 15 is 0 Å². The molecule has 1 unspecified atom stereocenters. The number of hydrogen-bond acceptors (Lipinski definition) is 4. The molecule has 0 bridgehead atoms. The summed E-state index contributed by atoms with van der Waals surface area (Å²) in [7, 11) is 0. The van der Waals surface area contributed by atoms with Crippen molar-refractivity contribution < 1.29 is 29.8 Å². The Hall–Kier alpha value is -2.71. The number of phenols is 1. The van der Waals surface area contributed by atoms with E-state index in [1.54, 1.807) is 24.7 Å². The summed E-state index contributed by atoms with van der Waals surface area (Å²) < 4.78 is 0.0920. The van der Waals surface area contributed by atoms with E-state index in [0.29, 0.717) is 17.9 Å². The van der Waals surface area contributed by atoms with Crippen LogP contribution in [0.1, 0.15) is 43.0 Å². The fourth-order valence-electron chi connectivity index (χ4n) is 2.76. The van der Waals surface area contributed by atoms with Gasteiger partial charge in [0.15, 0.2) is 18.7 Å². The second-order valence-corrected chi connectivity index (χ2v) is 6.20. The minimum Gasteiger partial charge on any atom is -0.508 e. The van der Waals surface area contributed by atoms with Crippen molar-refractivity contribution in [1.82, 2.24) is 5.32 Å². The zero-order valence-electron chi connectivity index (χ0n) is 14.8. The second kappa shape index (κ2) is 9.69. The van der Waals surface area contributed by atoms with E-state index in [1.165, 1.54) is 12.1 Å². The molecule has 1 aliphatic heterocycles. The first-order chi connectivity index (χ1) is 11.9. The molecule has 0 radical (unpaired) electrons. The van der Waals surface area contributed by atoms with Gasteiger partial charge in [-0.1, -0.05) is 25.8 Å². The van der Waals surface area contributed by atoms with Crippen LogP contribution in [0.3, 0.4) is 0 Å². The summed E-state index contributed by atoms with van der Waals surface area (Å²) in [5.41, 5.74) is 0.308. The van der Waals surface area contributed by atoms with Crippen LogP contribution in [-0.2, 0) is 4.79 Å². The quantitative estimate of drug-likeness (QED) is 0.454. The van der Waals surface area contributed by atoms with Gasteiger partial charge in [0.1, 0.15) is 11.9 Å². The van der Waals surface area contributed by atoms with Crippen LogP contribution < -0.4 is 5.32 Å². The van der Waals surface area contributed by atoms with Gasteiger partial charge in [0, 0.05) is 5.56 Å². The molecular formula is C18H26N3O5+. The summed E-state index contributed by atoms with van der Waals surface area (Å²) in [6, 6.07) is 6.00. The lowest BCUT2D eigenvalue weighted by Crippen LogP contribution is -2.45. The van der Waals surface area contributed by atoms with Gasteiger partial charge in [-0.05, 0) is 31.0 Å². The van der Waals surface area contributed by atoms with Crippen LogP contribution in [0.15, 0.2) is 41.3 Å². The van der Waals surface area contributed by atoms with Crippen molar-refractivity contribution in [2.24, 2.45) is 4.99 Å². The van der Waals surface area contributed by atoms with Gasteiger partial charge in [0.25, 0.3) is 5.91 Å². The molecule has 2 rings (SSSR count). The zero-order valence-corrected chi connectivity index (χ0v) is 14.8. The van der Waals surface area contributed by atoms with Crippen molar-refractivity contribution in [3.8, 4) is 5.75 Å². The number of carbonyl (C=O) groups is 2. The number of rotatable bonds is 9. The summed E-state index contributed by atoms with van der Waals surface area (Å²) in [5.74, 6) is -0.993. The first-order valence-electron chi connectivity index (χ1n) is 8.41. The Labute approximate surface area is 152 Å². The van der Waals surface area contributed by atoms with Crippen molar-refractivity contribution >= 4 is 18.2 Å². The SMILES string of the molecule is CCCCCC[N+]1(CC(=O)O)C=NC(NC(=O)c2cccc(O)c2)=C1.O. The van der Waals surface area contributed by atoms with Crippen molar-refractivity contribution in [2.75, 3.05) is 13.1 Å². The van der Waals surface area contributed by atoms with Gasteiger partial charge in [0.2, 0.25) is 0 Å². The molecular weight excluding hydrogens is 338 g/mol. The number of benzene rings is 1. The highest BCUT2D eigenvalue weighted by Gasteiger charge is 2.32. The molecule has 1 amide bonds. The predicted octanol–water partition coefficient (Wildman–Crippen LogP) is 1.62. The number of aliphatic carboxylic acids is 1. The van der Waals surface area contributed by atoms with Crippen LogP contribution in [0.2, 0.25) is 0 Å². The maximum absolute atomic E-state index is 12.2. The van der Waals surface area contributed by atoms with E-state index in [-0.39, 0.29) is 22.3 Å². The number of carboxylic acid groups (broad SMARTS) is 1. The monoisotopic (exact) mass is 364 g/mol. The number of phenolic OH excluding ortho intramolecular Hbond substituents is 1. The smallest absolute Gasteiger partial charge is 0.360 e. The predicted molar refractivity (Wildman–Crippen MR) is 97.5 cm³/mol. The Morgan fingerprint density at radius 3 is 2.65 bits per heavy atom. The molecule has 0 aliphatic carbocycles. The highest BCUT2D eigenvalue weighted by Crippen LogP contribution is 2.18. The van der Waals surface area contributed by atoms with E-state index in [1.807, 2.05) is 0 Å². The maximum Gasteiger partial charge on any atom is 0.360 e. The van der Waals surface area contributed by atoms with E-state index in [0.717, 1.165) is 25.7 Å². The molecule has 1 aliphatic rings. The van der Waals surface area contributed by atoms with Gasteiger partial charge >= 0.3 is 5.97 Å². The lowest BCUT2D eigenvalue weighted by Gasteiger charge is -2.25. The summed E-state index contributed by atoms with van der Waals surface area (Å²) in [4.78, 5) is 27.6. The van der Waals surface area contributed by atoms with Gasteiger partial charge in [-0.3, -0.25) is 4.79 Å². The molecule has 0 saturated heterocycles. The highest BCUT2D eigenvalue weighted by molar-refractivity contribution is 5.95. The van der Waals surface area contributed by atoms with E-state index < -0.39 is 11.9 Å². The molecule has 1 heterocycles. The molecule has 0 saturated carbocycles. The standard InChI is InChI=1S/C18H23N3O4.H2O/c1-2-3-4-5-9-21(12-17(23)24)11-16(19-13-21)20-18(25)14-7-6-8-15(22)10-14;/h6-8,10-11,13H,2-5,9,12H2,1H3,(H2-,20,22,23,24,25);1H2/p+1. The van der Waals surface area contributed by atoms with E-state index in [2.05, 4.69) is 17.2 Å². The molecule has 8 nitrogen and oxygen atoms in total. The number of carbonyl (C=O) groups excluding carboxylic acids is 1. The Bertz CT molecular complexity index is 702. The Morgan fingerprint density at radius 2 is 2.00 bits per heavy atom. The number of aliphatic imine (C=N–C) groups is 1. The molecule has 0 fully saturated rings. The molecule has 1 atom stereocenters. The molecule has 1 aromatic carbocycles. The zero-order chi connectivity index (χ0) is 18.3. The van der Waals surface area contributed by atoms with Gasteiger partial charge in [-0.25, -0.2) is 9.28 Å². The summed E-state index contributed by atoms with van der Waals surface area (Å²) in [6.45, 7) is 2.64. The van der Waals surface area contributed by atoms with Gasteiger partial charge in [-0.15, -0.1) is 0 Å². The number of amides is 1. The highest BCUT2D eigenvalue weighted by atomic mass is 16.4. The van der Waals surface area contributed by atoms with Crippen LogP contribution in [-0.4, -0.2) is 51.5 Å². The minimum absolute atomic E-state index is 0. The number of nitrogens with zero attached hydrogens (tertiary/aromatic N) is 2. The molecule has 26 heavy (non-hydrogen) atoms. The van der Waals surface area contributed by atoms with Crippen molar-refractivity contribution in [2.45, 2.75) is 32.6 Å². The fourth-order valence-corrected chi connectivity index (χ4v) is 2.76. The van der Waals surface area contributed by atoms with Crippen molar-refractivity contribution in [3.63, 3.8) is 0 Å². The lowest BCUT2D eigenvalue weighted by atomic mass is 10.2. The van der Waals surface area contributed by atoms with Crippen molar-refractivity contribution in [1.29, 1.82) is 0 Å². The first kappa shape index (κ1) is 21.3. The summed E-state index contributed by atoms with van der Waals surface area (Å²) >= 11 is 0. The normalized spacial score (nSPS) is 18.1. The number of nitrogens with one attached hydrogen (secondary N) is 1. The number of carboxylic acids is 1. The molecule has 1 aromatic rings. The van der Waals surface area contributed by atoms with Crippen LogP contribution in [0.5, 0.6) is 5.75 Å². The molecule has 8 heteroatoms. The number of hydrogen-bond donors (Lipinski definition) is 3. The van der Waals surface area contributed by atoms with Crippen LogP contribution in [0.4, 0.5) is 0 Å². The summed E-state index contributed by atoms with van der Waals surface area (Å²) in [6.07, 6.45) is 7.36. The summed E-state index contributed by atoms with van der Waals surface area (Å²) in [5, 5.41) is 21.3. The fraction of sp³-hybridized carbons (Fsp3) is 0.389. The van der Waals surface area contributed by atoms with E-state index in [4.69, 9.17) is 0 Å². The third kappa shape index (κ3) is 5.98. The first-order valence-corrected chi connectivity index (χ1v) is 8.41. The molecule has 142 valence electrons. The van der Waals surface area contributed by atoms with Crippen LogP contribution in [0.25, 0.3) is 0 Å². The second-order valence-electron chi connectivity index (χ2n) is 6.20. The molecule has 0 spiro atoms. The third-order valence-electron chi connectivity index (χ3n) is 4.01. The Kier molecular flexibility index (Phi) is 7.95. The largest absolute Gasteiger partial charge is 0.508 e. The third-order valence-corrected chi connectivity index (χ3v) is 4.01. The van der Waals surface area contributed by atoms with Gasteiger partial charge in [0.05, 0.1) is 6.54 Å². The maximum atomic E-state index is 12.2. The van der Waals surface area contributed by atoms with Gasteiger partial charge < -0.3 is 21.0 Å². The Balaban J connectivity index is 0.00000338. The van der Waals surface area contributed by atoms with Crippen LogP contribution >= 0.6 is 0 Å². The van der Waals surface area contributed by atoms with E-state index in [9.17, 15) is 19.8 Å². The van der Waals surface area contributed by atoms with Crippen molar-refractivity contribution in [3.05, 3.63) is 41.8 Å². The number of aromatic hydroxyl groups is 1. The average molecular weight is 364 g/mol. The lowest BCUT2D eigenvalue weighted by molar-refractivity contribution is -0.771. The number of quaternary nitrogens is 1.